The van der Waals surface area contributed by atoms with Gasteiger partial charge >= 0.3 is 0 Å². The average molecular weight is 169 g/mol. The highest BCUT2D eigenvalue weighted by molar-refractivity contribution is 4.95. The van der Waals surface area contributed by atoms with E-state index in [1.54, 1.807) is 0 Å². The summed E-state index contributed by atoms with van der Waals surface area (Å²) in [5.41, 5.74) is -0.661. The van der Waals surface area contributed by atoms with Crippen LogP contribution in [-0.2, 0) is 0 Å². The van der Waals surface area contributed by atoms with Crippen LogP contribution in [0.2, 0.25) is 0 Å². The van der Waals surface area contributed by atoms with E-state index in [0.717, 1.165) is 12.8 Å². The lowest BCUT2D eigenvalue weighted by Gasteiger charge is -2.42. The van der Waals surface area contributed by atoms with E-state index in [4.69, 9.17) is 0 Å². The third-order valence-electron chi connectivity index (χ3n) is 3.17. The van der Waals surface area contributed by atoms with Crippen LogP contribution >= 0.6 is 0 Å². The van der Waals surface area contributed by atoms with Crippen molar-refractivity contribution in [2.24, 2.45) is 17.8 Å². The molecule has 0 aromatic rings. The molecule has 1 saturated carbocycles. The summed E-state index contributed by atoms with van der Waals surface area (Å²) in [6.07, 6.45) is 3.26. The van der Waals surface area contributed by atoms with Gasteiger partial charge in [0.2, 0.25) is 0 Å². The molecule has 1 N–H and O–H groups in total. The average Bonchev–Trinajstić information content (AvgIpc) is 1.82. The lowest BCUT2D eigenvalue weighted by atomic mass is 9.68. The third-order valence-corrected chi connectivity index (χ3v) is 3.17. The fourth-order valence-corrected chi connectivity index (χ4v) is 2.54. The van der Waals surface area contributed by atoms with Crippen molar-refractivity contribution >= 4 is 0 Å². The zero-order chi connectivity index (χ0) is 9.35. The SMILES string of the molecule is [CH2]C1(O)CC(C)CCC1C(C)C. The van der Waals surface area contributed by atoms with Gasteiger partial charge < -0.3 is 5.11 Å². The molecular weight excluding hydrogens is 148 g/mol. The van der Waals surface area contributed by atoms with Gasteiger partial charge in [-0.05, 0) is 37.5 Å². The van der Waals surface area contributed by atoms with Crippen LogP contribution in [-0.4, -0.2) is 10.7 Å². The first-order chi connectivity index (χ1) is 5.43. The lowest BCUT2D eigenvalue weighted by Crippen LogP contribution is -2.43. The summed E-state index contributed by atoms with van der Waals surface area (Å²) < 4.78 is 0. The monoisotopic (exact) mass is 169 g/mol. The zero-order valence-corrected chi connectivity index (χ0v) is 8.51. The van der Waals surface area contributed by atoms with E-state index in [9.17, 15) is 5.11 Å². The predicted molar refractivity (Wildman–Crippen MR) is 51.6 cm³/mol. The quantitative estimate of drug-likeness (QED) is 0.640. The van der Waals surface area contributed by atoms with Crippen LogP contribution < -0.4 is 0 Å². The maximum absolute atomic E-state index is 10.1. The molecule has 0 aromatic heterocycles. The van der Waals surface area contributed by atoms with Crippen LogP contribution in [0.4, 0.5) is 0 Å². The van der Waals surface area contributed by atoms with Crippen molar-refractivity contribution in [2.75, 3.05) is 0 Å². The second kappa shape index (κ2) is 3.37. The zero-order valence-electron chi connectivity index (χ0n) is 8.51. The topological polar surface area (TPSA) is 20.2 Å². The summed E-state index contributed by atoms with van der Waals surface area (Å²) in [5.74, 6) is 1.59. The van der Waals surface area contributed by atoms with Gasteiger partial charge in [0.05, 0.1) is 5.60 Å². The van der Waals surface area contributed by atoms with Crippen LogP contribution in [0.5, 0.6) is 0 Å². The summed E-state index contributed by atoms with van der Waals surface area (Å²) in [6, 6.07) is 0. The van der Waals surface area contributed by atoms with E-state index < -0.39 is 5.60 Å². The Bertz CT molecular complexity index is 149. The van der Waals surface area contributed by atoms with Crippen LogP contribution in [0.3, 0.4) is 0 Å². The van der Waals surface area contributed by atoms with Gasteiger partial charge in [-0.2, -0.15) is 0 Å². The normalized spacial score (nSPS) is 43.5. The van der Waals surface area contributed by atoms with E-state index in [-0.39, 0.29) is 0 Å². The predicted octanol–water partition coefficient (Wildman–Crippen LogP) is 2.64. The Morgan fingerprint density at radius 1 is 1.42 bits per heavy atom. The minimum atomic E-state index is -0.661. The molecule has 0 heterocycles. The minimum absolute atomic E-state index is 0.397. The van der Waals surface area contributed by atoms with Crippen molar-refractivity contribution in [1.82, 2.24) is 0 Å². The maximum Gasteiger partial charge on any atom is 0.0681 e. The molecule has 0 amide bonds. The fourth-order valence-electron chi connectivity index (χ4n) is 2.54. The van der Waals surface area contributed by atoms with Crippen LogP contribution in [0.25, 0.3) is 0 Å². The van der Waals surface area contributed by atoms with E-state index in [1.165, 1.54) is 6.42 Å². The third kappa shape index (κ3) is 2.01. The molecular formula is C11H21O. The minimum Gasteiger partial charge on any atom is -0.390 e. The number of rotatable bonds is 1. The van der Waals surface area contributed by atoms with Crippen LogP contribution in [0.15, 0.2) is 0 Å². The molecule has 12 heavy (non-hydrogen) atoms. The van der Waals surface area contributed by atoms with Crippen molar-refractivity contribution in [3.8, 4) is 0 Å². The standard InChI is InChI=1S/C11H21O/c1-8(2)10-6-5-9(3)7-11(10,4)12/h8-10,12H,4-7H2,1-3H3. The number of hydrogen-bond acceptors (Lipinski definition) is 1. The van der Waals surface area contributed by atoms with Crippen molar-refractivity contribution < 1.29 is 5.11 Å². The van der Waals surface area contributed by atoms with Crippen molar-refractivity contribution in [1.29, 1.82) is 0 Å². The molecule has 0 spiro atoms. The molecule has 1 rings (SSSR count). The summed E-state index contributed by atoms with van der Waals surface area (Å²) in [7, 11) is 0. The molecule has 3 atom stereocenters. The molecule has 1 fully saturated rings. The molecule has 1 nitrogen and oxygen atoms in total. The summed E-state index contributed by atoms with van der Waals surface area (Å²) >= 11 is 0. The van der Waals surface area contributed by atoms with Gasteiger partial charge in [0.1, 0.15) is 0 Å². The number of aliphatic hydroxyl groups is 1. The molecule has 1 aliphatic carbocycles. The van der Waals surface area contributed by atoms with Gasteiger partial charge in [-0.1, -0.05) is 27.2 Å². The molecule has 1 aliphatic rings. The highest BCUT2D eigenvalue weighted by Gasteiger charge is 2.38. The molecule has 3 unspecified atom stereocenters. The van der Waals surface area contributed by atoms with E-state index in [2.05, 4.69) is 27.7 Å². The van der Waals surface area contributed by atoms with Crippen LogP contribution in [0, 0.1) is 24.7 Å². The molecule has 1 radical (unpaired) electrons. The summed E-state index contributed by atoms with van der Waals surface area (Å²) in [6.45, 7) is 10.5. The lowest BCUT2D eigenvalue weighted by molar-refractivity contribution is -0.0432. The Hall–Kier alpha value is -0.0400. The molecule has 1 heteroatoms. The first-order valence-electron chi connectivity index (χ1n) is 5.01. The Morgan fingerprint density at radius 3 is 2.42 bits per heavy atom. The fraction of sp³-hybridized carbons (Fsp3) is 0.909. The summed E-state index contributed by atoms with van der Waals surface area (Å²) in [5, 5.41) is 10.1. The van der Waals surface area contributed by atoms with Gasteiger partial charge in [0.15, 0.2) is 0 Å². The van der Waals surface area contributed by atoms with Crippen molar-refractivity contribution in [2.45, 2.75) is 45.6 Å². The molecule has 0 saturated heterocycles. The Morgan fingerprint density at radius 2 is 2.00 bits per heavy atom. The largest absolute Gasteiger partial charge is 0.390 e. The first kappa shape index (κ1) is 10.0. The van der Waals surface area contributed by atoms with E-state index in [0.29, 0.717) is 17.8 Å². The molecule has 0 aromatic carbocycles. The maximum atomic E-state index is 10.1. The Kier molecular flexibility index (Phi) is 2.82. The van der Waals surface area contributed by atoms with E-state index >= 15 is 0 Å². The van der Waals surface area contributed by atoms with Gasteiger partial charge in [0.25, 0.3) is 0 Å². The second-order valence-corrected chi connectivity index (χ2v) is 4.84. The van der Waals surface area contributed by atoms with Gasteiger partial charge in [-0.15, -0.1) is 0 Å². The Balaban J connectivity index is 2.64. The highest BCUT2D eigenvalue weighted by atomic mass is 16.3. The van der Waals surface area contributed by atoms with Gasteiger partial charge in [-0.25, -0.2) is 0 Å². The number of hydrogen-bond donors (Lipinski definition) is 1. The first-order valence-corrected chi connectivity index (χ1v) is 5.01. The summed E-state index contributed by atoms with van der Waals surface area (Å²) in [4.78, 5) is 0. The Labute approximate surface area is 76.2 Å². The molecule has 0 bridgehead atoms. The van der Waals surface area contributed by atoms with Gasteiger partial charge in [0, 0.05) is 0 Å². The highest BCUT2D eigenvalue weighted by Crippen LogP contribution is 2.40. The van der Waals surface area contributed by atoms with Crippen molar-refractivity contribution in [3.05, 3.63) is 6.92 Å². The smallest absolute Gasteiger partial charge is 0.0681 e. The molecule has 0 aliphatic heterocycles. The van der Waals surface area contributed by atoms with E-state index in [1.807, 2.05) is 0 Å². The van der Waals surface area contributed by atoms with Crippen molar-refractivity contribution in [3.63, 3.8) is 0 Å². The second-order valence-electron chi connectivity index (χ2n) is 4.84. The molecule has 71 valence electrons. The van der Waals surface area contributed by atoms with Crippen LogP contribution in [0.1, 0.15) is 40.0 Å². The van der Waals surface area contributed by atoms with Gasteiger partial charge in [-0.3, -0.25) is 0 Å².